The Morgan fingerprint density at radius 3 is 2.57 bits per heavy atom. The van der Waals surface area contributed by atoms with E-state index < -0.39 is 24.1 Å². The van der Waals surface area contributed by atoms with Gasteiger partial charge in [0.2, 0.25) is 0 Å². The number of benzene rings is 1. The number of likely N-dealkylation sites (N-methyl/N-ethyl adjacent to an activating group) is 1. The van der Waals surface area contributed by atoms with E-state index in [1.54, 1.807) is 0 Å². The Balaban J connectivity index is 1.97. The van der Waals surface area contributed by atoms with Crippen molar-refractivity contribution in [2.24, 2.45) is 0 Å². The van der Waals surface area contributed by atoms with Crippen LogP contribution >= 0.6 is 0 Å². The largest absolute Gasteiger partial charge is 0.467 e. The van der Waals surface area contributed by atoms with Crippen molar-refractivity contribution in [3.05, 3.63) is 35.9 Å². The van der Waals surface area contributed by atoms with Crippen LogP contribution in [0.2, 0.25) is 0 Å². The van der Waals surface area contributed by atoms with Gasteiger partial charge in [-0.15, -0.1) is 0 Å². The van der Waals surface area contributed by atoms with Gasteiger partial charge in [-0.2, -0.15) is 0 Å². The van der Waals surface area contributed by atoms with Crippen LogP contribution < -0.4 is 0 Å². The number of carbonyl (C=O) groups excluding carboxylic acids is 3. The van der Waals surface area contributed by atoms with E-state index in [4.69, 9.17) is 4.74 Å². The van der Waals surface area contributed by atoms with E-state index in [-0.39, 0.29) is 13.2 Å². The van der Waals surface area contributed by atoms with Crippen LogP contribution in [-0.2, 0) is 20.9 Å². The van der Waals surface area contributed by atoms with E-state index >= 15 is 0 Å². The predicted molar refractivity (Wildman–Crippen MR) is 72.3 cm³/mol. The average Bonchev–Trinajstić information content (AvgIpc) is 2.81. The van der Waals surface area contributed by atoms with Crippen LogP contribution in [0.3, 0.4) is 0 Å². The highest BCUT2D eigenvalue weighted by molar-refractivity contribution is 5.96. The molecule has 7 nitrogen and oxygen atoms in total. The van der Waals surface area contributed by atoms with Crippen molar-refractivity contribution in [2.75, 3.05) is 20.7 Å². The molecule has 0 saturated carbocycles. The quantitative estimate of drug-likeness (QED) is 0.783. The molecule has 0 spiro atoms. The molecule has 1 aromatic rings. The summed E-state index contributed by atoms with van der Waals surface area (Å²) in [5.74, 6) is -0.566. The van der Waals surface area contributed by atoms with Crippen LogP contribution in [-0.4, -0.2) is 54.6 Å². The third-order valence-corrected chi connectivity index (χ3v) is 3.25. The third-order valence-electron chi connectivity index (χ3n) is 3.25. The Kier molecular flexibility index (Phi) is 4.42. The van der Waals surface area contributed by atoms with Crippen LogP contribution in [0.1, 0.15) is 5.56 Å². The maximum Gasteiger partial charge on any atom is 0.418 e. The minimum absolute atomic E-state index is 0.0655. The van der Waals surface area contributed by atoms with Crippen LogP contribution in [0.5, 0.6) is 0 Å². The molecule has 3 amide bonds. The fourth-order valence-electron chi connectivity index (χ4n) is 2.02. The normalized spacial score (nSPS) is 17.8. The lowest BCUT2D eigenvalue weighted by Crippen LogP contribution is -2.37. The molecule has 0 N–H and O–H groups in total. The van der Waals surface area contributed by atoms with Crippen LogP contribution in [0.4, 0.5) is 9.59 Å². The van der Waals surface area contributed by atoms with E-state index in [1.807, 2.05) is 30.3 Å². The lowest BCUT2D eigenvalue weighted by molar-refractivity contribution is -0.144. The maximum atomic E-state index is 11.9. The number of imide groups is 1. The number of urea groups is 1. The number of carbonyl (C=O) groups is 3. The van der Waals surface area contributed by atoms with Crippen LogP contribution in [0, 0.1) is 0 Å². The summed E-state index contributed by atoms with van der Waals surface area (Å²) < 4.78 is 9.68. The monoisotopic (exact) mass is 292 g/mol. The number of ether oxygens (including phenoxy) is 2. The number of hydrogen-bond donors (Lipinski definition) is 0. The topological polar surface area (TPSA) is 76.1 Å². The molecule has 21 heavy (non-hydrogen) atoms. The van der Waals surface area contributed by atoms with Gasteiger partial charge in [0.25, 0.3) is 0 Å². The van der Waals surface area contributed by atoms with Crippen LogP contribution in [0.25, 0.3) is 0 Å². The van der Waals surface area contributed by atoms with Crippen molar-refractivity contribution in [1.82, 2.24) is 9.80 Å². The Morgan fingerprint density at radius 2 is 1.95 bits per heavy atom. The molecule has 1 atom stereocenters. The third kappa shape index (κ3) is 3.13. The van der Waals surface area contributed by atoms with E-state index in [0.717, 1.165) is 15.4 Å². The van der Waals surface area contributed by atoms with E-state index in [1.165, 1.54) is 14.2 Å². The lowest BCUT2D eigenvalue weighted by Gasteiger charge is -2.14. The molecule has 2 rings (SSSR count). The first-order chi connectivity index (χ1) is 10.0. The van der Waals surface area contributed by atoms with Gasteiger partial charge in [0.05, 0.1) is 13.7 Å². The summed E-state index contributed by atoms with van der Waals surface area (Å²) in [6.45, 7) is -0.00825. The SMILES string of the molecule is COC(=O)[C@@H]1CN(C(=O)OCc2ccccc2)C(=O)N1C. The van der Waals surface area contributed by atoms with Gasteiger partial charge in [-0.05, 0) is 5.56 Å². The molecular formula is C14H16N2O5. The summed E-state index contributed by atoms with van der Waals surface area (Å²) in [6.07, 6.45) is -0.776. The number of amides is 3. The highest BCUT2D eigenvalue weighted by Gasteiger charge is 2.43. The second-order valence-corrected chi connectivity index (χ2v) is 4.58. The zero-order valence-corrected chi connectivity index (χ0v) is 11.8. The Bertz CT molecular complexity index is 546. The highest BCUT2D eigenvalue weighted by atomic mass is 16.6. The first kappa shape index (κ1) is 14.8. The molecule has 0 unspecified atom stereocenters. The number of nitrogens with zero attached hydrogens (tertiary/aromatic N) is 2. The fraction of sp³-hybridized carbons (Fsp3) is 0.357. The summed E-state index contributed by atoms with van der Waals surface area (Å²) in [6, 6.07) is 7.74. The van der Waals surface area contributed by atoms with Crippen molar-refractivity contribution >= 4 is 18.1 Å². The van der Waals surface area contributed by atoms with E-state index in [0.29, 0.717) is 0 Å². The van der Waals surface area contributed by atoms with Crippen molar-refractivity contribution < 1.29 is 23.9 Å². The molecule has 1 saturated heterocycles. The van der Waals surface area contributed by atoms with Gasteiger partial charge < -0.3 is 14.4 Å². The van der Waals surface area contributed by atoms with E-state index in [2.05, 4.69) is 4.74 Å². The molecule has 1 aromatic carbocycles. The maximum absolute atomic E-state index is 11.9. The first-order valence-electron chi connectivity index (χ1n) is 6.37. The molecular weight excluding hydrogens is 276 g/mol. The van der Waals surface area contributed by atoms with E-state index in [9.17, 15) is 14.4 Å². The Hall–Kier alpha value is -2.57. The van der Waals surface area contributed by atoms with Crippen molar-refractivity contribution in [3.8, 4) is 0 Å². The van der Waals surface area contributed by atoms with Gasteiger partial charge >= 0.3 is 18.1 Å². The molecule has 0 radical (unpaired) electrons. The van der Waals surface area contributed by atoms with Gasteiger partial charge in [-0.3, -0.25) is 0 Å². The van der Waals surface area contributed by atoms with Gasteiger partial charge in [0.1, 0.15) is 12.6 Å². The molecule has 0 aliphatic carbocycles. The number of esters is 1. The summed E-state index contributed by atoms with van der Waals surface area (Å²) >= 11 is 0. The zero-order valence-electron chi connectivity index (χ0n) is 11.8. The zero-order chi connectivity index (χ0) is 15.4. The molecule has 1 aliphatic heterocycles. The second-order valence-electron chi connectivity index (χ2n) is 4.58. The highest BCUT2D eigenvalue weighted by Crippen LogP contribution is 2.16. The first-order valence-corrected chi connectivity index (χ1v) is 6.37. The molecule has 1 fully saturated rings. The predicted octanol–water partition coefficient (Wildman–Crippen LogP) is 1.23. The summed E-state index contributed by atoms with van der Waals surface area (Å²) in [5.41, 5.74) is 0.815. The molecule has 0 bridgehead atoms. The minimum Gasteiger partial charge on any atom is -0.467 e. The molecule has 7 heteroatoms. The van der Waals surface area contributed by atoms with Gasteiger partial charge in [0.15, 0.2) is 0 Å². The summed E-state index contributed by atoms with van der Waals surface area (Å²) in [7, 11) is 2.67. The average molecular weight is 292 g/mol. The standard InChI is InChI=1S/C14H16N2O5/c1-15-11(12(17)20-2)8-16(13(15)18)14(19)21-9-10-6-4-3-5-7-10/h3-7,11H,8-9H2,1-2H3/t11-/m0/s1. The summed E-state index contributed by atoms with van der Waals surface area (Å²) in [4.78, 5) is 37.4. The van der Waals surface area contributed by atoms with Gasteiger partial charge in [-0.1, -0.05) is 30.3 Å². The lowest BCUT2D eigenvalue weighted by atomic mass is 10.2. The van der Waals surface area contributed by atoms with Gasteiger partial charge in [-0.25, -0.2) is 19.3 Å². The fourth-order valence-corrected chi connectivity index (χ4v) is 2.02. The molecule has 0 aromatic heterocycles. The number of methoxy groups -OCH3 is 1. The molecule has 1 aliphatic rings. The Labute approximate surface area is 122 Å². The number of hydrogen-bond acceptors (Lipinski definition) is 5. The molecule has 112 valence electrons. The van der Waals surface area contributed by atoms with Crippen LogP contribution in [0.15, 0.2) is 30.3 Å². The summed E-state index contributed by atoms with van der Waals surface area (Å²) in [5, 5.41) is 0. The van der Waals surface area contributed by atoms with Crippen molar-refractivity contribution in [1.29, 1.82) is 0 Å². The number of rotatable bonds is 3. The Morgan fingerprint density at radius 1 is 1.29 bits per heavy atom. The second kappa shape index (κ2) is 6.25. The smallest absolute Gasteiger partial charge is 0.418 e. The minimum atomic E-state index is -0.799. The van der Waals surface area contributed by atoms with Gasteiger partial charge in [0, 0.05) is 7.05 Å². The van der Waals surface area contributed by atoms with Crippen molar-refractivity contribution in [2.45, 2.75) is 12.6 Å². The molecule has 1 heterocycles. The van der Waals surface area contributed by atoms with Crippen molar-refractivity contribution in [3.63, 3.8) is 0 Å².